The first-order chi connectivity index (χ1) is 24.0. The average Bonchev–Trinajstić information content (AvgIpc) is 3.73. The number of piperidine rings is 1. The summed E-state index contributed by atoms with van der Waals surface area (Å²) in [6.07, 6.45) is 7.52. The fourth-order valence-corrected chi connectivity index (χ4v) is 7.66. The molecule has 0 radical (unpaired) electrons. The number of fused-ring (bicyclic) bond motifs is 2. The van der Waals surface area contributed by atoms with E-state index in [1.807, 2.05) is 41.3 Å². The van der Waals surface area contributed by atoms with Gasteiger partial charge in [-0.25, -0.2) is 18.4 Å². The molecule has 0 atom stereocenters. The number of carboxylic acid groups (broad SMARTS) is 1. The number of urea groups is 1. The minimum absolute atomic E-state index is 0. The molecule has 1 saturated carbocycles. The summed E-state index contributed by atoms with van der Waals surface area (Å²) in [6.45, 7) is 1.23. The second kappa shape index (κ2) is 16.1. The number of amides is 3. The van der Waals surface area contributed by atoms with Crippen LogP contribution >= 0.6 is 0 Å². The normalized spacial score (nSPS) is 20.3. The first-order valence-electron chi connectivity index (χ1n) is 16.4. The van der Waals surface area contributed by atoms with E-state index in [4.69, 9.17) is 10.00 Å². The second-order valence-electron chi connectivity index (χ2n) is 13.0. The quantitative estimate of drug-likeness (QED) is 0.263. The van der Waals surface area contributed by atoms with Crippen LogP contribution in [0.4, 0.5) is 19.3 Å². The van der Waals surface area contributed by atoms with Crippen LogP contribution in [0, 0.1) is 17.1 Å². The molecule has 2 saturated heterocycles. The van der Waals surface area contributed by atoms with Gasteiger partial charge in [-0.2, -0.15) is 11.1 Å². The maximum atomic E-state index is 15.7. The first-order valence-corrected chi connectivity index (χ1v) is 16.4. The molecule has 264 valence electrons. The summed E-state index contributed by atoms with van der Waals surface area (Å²) in [5.41, 5.74) is 2.42. The van der Waals surface area contributed by atoms with Crippen molar-refractivity contribution >= 4 is 53.2 Å². The molecule has 2 aromatic carbocycles. The van der Waals surface area contributed by atoms with Crippen LogP contribution in [0.3, 0.4) is 0 Å². The Labute approximate surface area is 317 Å². The number of alkyl halides is 2. The molecule has 3 amide bonds. The predicted octanol–water partition coefficient (Wildman–Crippen LogP) is 1.68. The summed E-state index contributed by atoms with van der Waals surface area (Å²) >= 11 is 0. The van der Waals surface area contributed by atoms with E-state index in [1.165, 1.54) is 7.11 Å². The standard InChI is InChI=1S/C34H38F2N6O5.CH3BN.Na/c1-47-30-18-27-21(17-26(30)32(44)45)19-42(38-27)24-7-5-22(6-8-24)34(35,36)20-39-13-9-23(10-14-39)40-15-11-25-28(40)3-2-4-29(25)41-16-12-31(43)37-33(41)46;2-1-3;/h2-4,11,15,17-19,22-24H,5-10,12-14,16,20H2,1H3,(H,44,45)(H,37,43,46);2H3;/q;-1;+1. The number of carboxylic acids is 1. The number of nitriles is 1. The van der Waals surface area contributed by atoms with E-state index in [2.05, 4.69) is 15.0 Å². The number of hydrogen-bond donors (Lipinski definition) is 2. The molecular formula is C35H41BF2N7NaO5. The van der Waals surface area contributed by atoms with Crippen molar-refractivity contribution in [1.82, 2.24) is 24.6 Å². The number of aromatic nitrogens is 3. The third-order valence-corrected chi connectivity index (χ3v) is 10.2. The Hall–Kier alpha value is -3.97. The number of nitrogens with one attached hydrogen (secondary N) is 1. The summed E-state index contributed by atoms with van der Waals surface area (Å²) in [7, 11) is 1.49. The fraction of sp³-hybridized carbons (Fsp3) is 0.457. The SMILES string of the molecule is COc1cc2nn(C3CCC(C(F)(F)CN4CCC(n5ccc6c(N7CCC(=O)NC7=O)cccc65)CC4)CC3)cc2cc1C(=O)O.[BH3-]C#N.[Na+]. The van der Waals surface area contributed by atoms with Gasteiger partial charge in [0.2, 0.25) is 5.91 Å². The maximum Gasteiger partial charge on any atom is 1.00 e. The van der Waals surface area contributed by atoms with Gasteiger partial charge in [0.05, 0.1) is 44.3 Å². The second-order valence-corrected chi connectivity index (χ2v) is 13.0. The Bertz CT molecular complexity index is 1950. The van der Waals surface area contributed by atoms with Crippen LogP contribution in [0.1, 0.15) is 67.4 Å². The van der Waals surface area contributed by atoms with Crippen molar-refractivity contribution < 1.29 is 62.6 Å². The number of anilines is 1. The van der Waals surface area contributed by atoms with E-state index >= 15 is 8.78 Å². The molecule has 1 aliphatic carbocycles. The van der Waals surface area contributed by atoms with Gasteiger partial charge < -0.3 is 14.4 Å². The molecule has 0 spiro atoms. The molecule has 12 nitrogen and oxygen atoms in total. The number of carbonyl (C=O) groups is 3. The molecule has 7 rings (SSSR count). The molecule has 2 N–H and O–H groups in total. The Kier molecular flexibility index (Phi) is 12.1. The molecular weight excluding hydrogens is 670 g/mol. The fourth-order valence-electron chi connectivity index (χ4n) is 7.66. The first kappa shape index (κ1) is 38.3. The number of benzene rings is 2. The number of likely N-dealkylation sites (tertiary alicyclic amines) is 1. The number of methoxy groups -OCH3 is 1. The molecule has 3 aliphatic rings. The van der Waals surface area contributed by atoms with E-state index in [-0.39, 0.29) is 79.7 Å². The summed E-state index contributed by atoms with van der Waals surface area (Å²) in [6, 6.07) is 10.7. The zero-order valence-corrected chi connectivity index (χ0v) is 30.1. The van der Waals surface area contributed by atoms with Gasteiger partial charge in [-0.05, 0) is 62.8 Å². The molecule has 0 bridgehead atoms. The van der Waals surface area contributed by atoms with Gasteiger partial charge in [-0.1, -0.05) is 6.07 Å². The van der Waals surface area contributed by atoms with Crippen LogP contribution in [0.5, 0.6) is 5.75 Å². The number of aromatic carboxylic acids is 1. The molecule has 2 aliphatic heterocycles. The summed E-state index contributed by atoms with van der Waals surface area (Å²) in [5, 5.41) is 25.5. The van der Waals surface area contributed by atoms with Crippen LogP contribution in [0.2, 0.25) is 0 Å². The number of halogens is 2. The van der Waals surface area contributed by atoms with Crippen LogP contribution < -0.4 is 44.5 Å². The number of rotatable bonds is 8. The summed E-state index contributed by atoms with van der Waals surface area (Å²) < 4.78 is 40.5. The van der Waals surface area contributed by atoms with Crippen molar-refractivity contribution in [3.05, 3.63) is 54.4 Å². The zero-order valence-electron chi connectivity index (χ0n) is 28.1. The Morgan fingerprint density at radius 2 is 1.80 bits per heavy atom. The minimum Gasteiger partial charge on any atom is -0.496 e. The smallest absolute Gasteiger partial charge is 0.496 e. The van der Waals surface area contributed by atoms with E-state index in [0.29, 0.717) is 56.2 Å². The third kappa shape index (κ3) is 8.09. The van der Waals surface area contributed by atoms with Crippen LogP contribution in [0.15, 0.2) is 48.8 Å². The molecule has 4 heterocycles. The van der Waals surface area contributed by atoms with Crippen molar-refractivity contribution in [3.63, 3.8) is 0 Å². The minimum atomic E-state index is -2.80. The summed E-state index contributed by atoms with van der Waals surface area (Å²) in [5.74, 6) is -2.62. The Balaban J connectivity index is 0.00000122. The maximum absolute atomic E-state index is 15.7. The van der Waals surface area contributed by atoms with Crippen molar-refractivity contribution in [2.75, 3.05) is 38.2 Å². The number of ether oxygens (including phenoxy) is 1. The van der Waals surface area contributed by atoms with Crippen molar-refractivity contribution in [3.8, 4) is 11.7 Å². The van der Waals surface area contributed by atoms with E-state index in [0.717, 1.165) is 29.4 Å². The Morgan fingerprint density at radius 1 is 1.10 bits per heavy atom. The third-order valence-electron chi connectivity index (χ3n) is 10.2. The van der Waals surface area contributed by atoms with Crippen LogP contribution in [-0.2, 0) is 4.79 Å². The monoisotopic (exact) mass is 711 g/mol. The molecule has 3 fully saturated rings. The largest absolute Gasteiger partial charge is 1.00 e. The Morgan fingerprint density at radius 3 is 2.45 bits per heavy atom. The molecule has 51 heavy (non-hydrogen) atoms. The average molecular weight is 712 g/mol. The number of carbonyl (C=O) groups excluding carboxylic acids is 2. The van der Waals surface area contributed by atoms with Gasteiger partial charge in [0.25, 0.3) is 5.92 Å². The molecule has 16 heteroatoms. The van der Waals surface area contributed by atoms with E-state index in [1.54, 1.807) is 27.9 Å². The molecule has 4 aromatic rings. The van der Waals surface area contributed by atoms with Gasteiger partial charge in [-0.3, -0.25) is 29.9 Å². The predicted molar refractivity (Wildman–Crippen MR) is 187 cm³/mol. The number of imide groups is 1. The molecule has 2 aromatic heterocycles. The van der Waals surface area contributed by atoms with Crippen molar-refractivity contribution in [2.24, 2.45) is 5.92 Å². The van der Waals surface area contributed by atoms with Crippen LogP contribution in [0.25, 0.3) is 21.8 Å². The van der Waals surface area contributed by atoms with Gasteiger partial charge in [-0.15, -0.1) is 0 Å². The van der Waals surface area contributed by atoms with E-state index < -0.39 is 23.8 Å². The van der Waals surface area contributed by atoms with Crippen LogP contribution in [-0.4, -0.2) is 89.3 Å². The summed E-state index contributed by atoms with van der Waals surface area (Å²) in [4.78, 5) is 39.2. The molecule has 0 unspecified atom stereocenters. The topological polar surface area (TPSA) is 146 Å². The number of nitrogens with zero attached hydrogens (tertiary/aromatic N) is 6. The number of hydrogen-bond acceptors (Lipinski definition) is 7. The van der Waals surface area contributed by atoms with Gasteiger partial charge >= 0.3 is 41.6 Å². The van der Waals surface area contributed by atoms with Crippen molar-refractivity contribution in [1.29, 1.82) is 5.26 Å². The van der Waals surface area contributed by atoms with Gasteiger partial charge in [0.15, 0.2) is 0 Å². The van der Waals surface area contributed by atoms with Crippen molar-refractivity contribution in [2.45, 2.75) is 63.0 Å². The zero-order chi connectivity index (χ0) is 35.6. The van der Waals surface area contributed by atoms with E-state index in [9.17, 15) is 19.5 Å². The van der Waals surface area contributed by atoms with Gasteiger partial charge in [0, 0.05) is 67.2 Å². The van der Waals surface area contributed by atoms with Gasteiger partial charge in [0.1, 0.15) is 11.3 Å².